The van der Waals surface area contributed by atoms with Gasteiger partial charge in [-0.05, 0) is 42.3 Å². The molecule has 7 aromatic rings. The minimum absolute atomic E-state index is 0. The van der Waals surface area contributed by atoms with E-state index in [4.69, 9.17) is 9.40 Å². The minimum Gasteiger partial charge on any atom is -0.501 e. The number of hydrogen-bond acceptors (Lipinski definition) is 3. The third kappa shape index (κ3) is 4.89. The maximum atomic E-state index is 6.07. The number of fused-ring (bicyclic) bond motifs is 3. The number of benzene rings is 4. The molecule has 0 fully saturated rings. The predicted molar refractivity (Wildman–Crippen MR) is 168 cm³/mol. The molecule has 0 saturated heterocycles. The summed E-state index contributed by atoms with van der Waals surface area (Å²) in [7, 11) is 0. The second-order valence-electron chi connectivity index (χ2n) is 10.7. The Labute approximate surface area is 259 Å². The molecule has 1 aliphatic rings. The van der Waals surface area contributed by atoms with Crippen molar-refractivity contribution < 1.29 is 24.5 Å². The molecule has 0 N–H and O–H groups in total. The second-order valence-corrected chi connectivity index (χ2v) is 10.7. The van der Waals surface area contributed by atoms with Crippen molar-refractivity contribution in [3.05, 3.63) is 126 Å². The number of imidazole rings is 1. The molecule has 1 aliphatic heterocycles. The molecule has 42 heavy (non-hydrogen) atoms. The largest absolute Gasteiger partial charge is 0.501 e. The van der Waals surface area contributed by atoms with Gasteiger partial charge in [0, 0.05) is 43.8 Å². The molecule has 0 spiro atoms. The van der Waals surface area contributed by atoms with Crippen molar-refractivity contribution in [2.24, 2.45) is 0 Å². The fraction of sp³-hybridized carbons (Fsp3) is 0.135. The third-order valence-electron chi connectivity index (χ3n) is 7.73. The maximum Gasteiger partial charge on any atom is 0.120 e. The van der Waals surface area contributed by atoms with Crippen molar-refractivity contribution >= 4 is 39.0 Å². The Morgan fingerprint density at radius 2 is 1.76 bits per heavy atom. The van der Waals surface area contributed by atoms with Crippen LogP contribution in [-0.2, 0) is 26.7 Å². The number of para-hydroxylation sites is 1. The Hall–Kier alpha value is -4.31. The second kappa shape index (κ2) is 11.5. The number of allylic oxidation sites excluding steroid dienone is 1. The van der Waals surface area contributed by atoms with Crippen molar-refractivity contribution in [2.75, 3.05) is 0 Å². The average Bonchev–Trinajstić information content (AvgIpc) is 3.59. The fourth-order valence-electron chi connectivity index (χ4n) is 5.58. The molecule has 4 aromatic carbocycles. The van der Waals surface area contributed by atoms with Gasteiger partial charge in [-0.25, -0.2) is 0 Å². The summed E-state index contributed by atoms with van der Waals surface area (Å²) < 4.78 is 8.35. The SMILES string of the molecule is CC(C)c1ccnc(-c2[c-]ccc3c2oc2ccccc23)c1.Cc1ccc2nc(-c3[c-]cccc3)n3c2c1C=CC3.[Ir]. The predicted octanol–water partition coefficient (Wildman–Crippen LogP) is 9.41. The molecule has 5 heteroatoms. The Bertz CT molecular complexity index is 2070. The van der Waals surface area contributed by atoms with Crippen molar-refractivity contribution in [2.45, 2.75) is 33.2 Å². The van der Waals surface area contributed by atoms with Gasteiger partial charge >= 0.3 is 0 Å². The smallest absolute Gasteiger partial charge is 0.120 e. The number of rotatable bonds is 3. The van der Waals surface area contributed by atoms with E-state index in [0.717, 1.165) is 56.6 Å². The van der Waals surface area contributed by atoms with E-state index in [1.54, 1.807) is 0 Å². The van der Waals surface area contributed by atoms with E-state index in [2.05, 4.69) is 97.1 Å². The number of aromatic nitrogens is 3. The Balaban J connectivity index is 0.000000148. The Morgan fingerprint density at radius 3 is 2.60 bits per heavy atom. The van der Waals surface area contributed by atoms with E-state index < -0.39 is 0 Å². The van der Waals surface area contributed by atoms with E-state index in [1.807, 2.05) is 48.7 Å². The topological polar surface area (TPSA) is 43.9 Å². The Morgan fingerprint density at radius 1 is 0.905 bits per heavy atom. The van der Waals surface area contributed by atoms with E-state index in [1.165, 1.54) is 22.2 Å². The van der Waals surface area contributed by atoms with Crippen LogP contribution in [0, 0.1) is 19.1 Å². The summed E-state index contributed by atoms with van der Waals surface area (Å²) in [5, 5.41) is 2.24. The molecule has 0 saturated carbocycles. The van der Waals surface area contributed by atoms with Crippen LogP contribution in [0.15, 0.2) is 102 Å². The molecule has 0 unspecified atom stereocenters. The van der Waals surface area contributed by atoms with Crippen molar-refractivity contribution in [3.8, 4) is 22.6 Å². The van der Waals surface area contributed by atoms with Crippen LogP contribution in [0.25, 0.3) is 61.7 Å². The van der Waals surface area contributed by atoms with Gasteiger partial charge in [-0.1, -0.05) is 72.8 Å². The van der Waals surface area contributed by atoms with Gasteiger partial charge in [-0.3, -0.25) is 4.98 Å². The molecule has 209 valence electrons. The zero-order chi connectivity index (χ0) is 27.9. The quantitative estimate of drug-likeness (QED) is 0.171. The zero-order valence-corrected chi connectivity index (χ0v) is 26.1. The van der Waals surface area contributed by atoms with Gasteiger partial charge in [0.05, 0.1) is 22.4 Å². The van der Waals surface area contributed by atoms with Gasteiger partial charge in [0.25, 0.3) is 0 Å². The summed E-state index contributed by atoms with van der Waals surface area (Å²) in [5.41, 5.74) is 10.8. The van der Waals surface area contributed by atoms with Crippen LogP contribution < -0.4 is 0 Å². The van der Waals surface area contributed by atoms with Crippen LogP contribution in [0.1, 0.15) is 36.5 Å². The number of aryl methyl sites for hydroxylation is 1. The third-order valence-corrected chi connectivity index (χ3v) is 7.73. The van der Waals surface area contributed by atoms with E-state index in [-0.39, 0.29) is 20.1 Å². The van der Waals surface area contributed by atoms with Crippen LogP contribution in [0.4, 0.5) is 0 Å². The number of nitrogens with zero attached hydrogens (tertiary/aromatic N) is 3. The number of pyridine rings is 1. The average molecular weight is 724 g/mol. The summed E-state index contributed by atoms with van der Waals surface area (Å²) in [5.74, 6) is 1.48. The molecule has 4 nitrogen and oxygen atoms in total. The van der Waals surface area contributed by atoms with Gasteiger partial charge in [-0.2, -0.15) is 0 Å². The van der Waals surface area contributed by atoms with Crippen molar-refractivity contribution in [1.82, 2.24) is 14.5 Å². The van der Waals surface area contributed by atoms with Crippen LogP contribution in [0.3, 0.4) is 0 Å². The van der Waals surface area contributed by atoms with Gasteiger partial charge in [0.2, 0.25) is 0 Å². The first-order valence-electron chi connectivity index (χ1n) is 14.0. The van der Waals surface area contributed by atoms with Crippen LogP contribution in [0.5, 0.6) is 0 Å². The van der Waals surface area contributed by atoms with Gasteiger partial charge in [0.15, 0.2) is 0 Å². The van der Waals surface area contributed by atoms with Gasteiger partial charge in [0.1, 0.15) is 5.58 Å². The van der Waals surface area contributed by atoms with Crippen LogP contribution in [0.2, 0.25) is 0 Å². The molecule has 3 aromatic heterocycles. The van der Waals surface area contributed by atoms with E-state index >= 15 is 0 Å². The molecule has 1 radical (unpaired) electrons. The molecule has 0 atom stereocenters. The summed E-state index contributed by atoms with van der Waals surface area (Å²) in [4.78, 5) is 9.31. The van der Waals surface area contributed by atoms with E-state index in [9.17, 15) is 0 Å². The first kappa shape index (κ1) is 27.8. The fourth-order valence-corrected chi connectivity index (χ4v) is 5.58. The first-order valence-corrected chi connectivity index (χ1v) is 14.0. The number of hydrogen-bond donors (Lipinski definition) is 0. The van der Waals surface area contributed by atoms with Crippen LogP contribution in [-0.4, -0.2) is 14.5 Å². The maximum absolute atomic E-state index is 6.07. The molecular formula is C37H29IrN3O-2. The molecular weight excluding hydrogens is 695 g/mol. The minimum atomic E-state index is 0. The molecule has 0 bridgehead atoms. The summed E-state index contributed by atoms with van der Waals surface area (Å²) in [6, 6.07) is 35.1. The summed E-state index contributed by atoms with van der Waals surface area (Å²) in [6.07, 6.45) is 6.26. The first-order chi connectivity index (χ1) is 20.1. The van der Waals surface area contributed by atoms with Crippen molar-refractivity contribution in [3.63, 3.8) is 0 Å². The monoisotopic (exact) mass is 724 g/mol. The summed E-state index contributed by atoms with van der Waals surface area (Å²) in [6.45, 7) is 7.40. The normalized spacial score (nSPS) is 12.0. The number of furan rings is 1. The van der Waals surface area contributed by atoms with Crippen LogP contribution >= 0.6 is 0 Å². The Kier molecular flexibility index (Phi) is 7.64. The van der Waals surface area contributed by atoms with E-state index in [0.29, 0.717) is 5.92 Å². The van der Waals surface area contributed by atoms with Gasteiger partial charge < -0.3 is 14.0 Å². The summed E-state index contributed by atoms with van der Waals surface area (Å²) >= 11 is 0. The molecule has 8 rings (SSSR count). The molecule has 0 aliphatic carbocycles. The zero-order valence-electron chi connectivity index (χ0n) is 23.7. The van der Waals surface area contributed by atoms with Crippen molar-refractivity contribution in [1.29, 1.82) is 0 Å². The molecule has 4 heterocycles. The van der Waals surface area contributed by atoms with Gasteiger partial charge in [-0.15, -0.1) is 54.1 Å². The standard InChI is InChI=1S/C20H16NO.C17H13N2.Ir/c1-13(2)14-10-11-21-18(12-14)17-8-5-7-16-15-6-3-4-9-19(15)22-20(16)17;1-12-9-10-15-16-14(12)8-5-11-19(16)17(18-15)13-6-3-2-4-7-13;/h3-7,9-13H,1-2H3;2-6,8-10H,11H2,1H3;/q2*-1;. The molecule has 0 amide bonds.